The van der Waals surface area contributed by atoms with E-state index in [1.54, 1.807) is 6.20 Å². The van der Waals surface area contributed by atoms with Gasteiger partial charge in [0.05, 0.1) is 6.54 Å². The zero-order chi connectivity index (χ0) is 14.8. The number of rotatable bonds is 3. The third-order valence-electron chi connectivity index (χ3n) is 4.73. The van der Waals surface area contributed by atoms with Gasteiger partial charge in [-0.3, -0.25) is 9.88 Å². The number of pyridine rings is 1. The number of nitrogens with zero attached hydrogens (tertiary/aromatic N) is 5. The van der Waals surface area contributed by atoms with Crippen molar-refractivity contribution in [2.45, 2.75) is 25.9 Å². The molecule has 1 saturated heterocycles. The minimum absolute atomic E-state index is 0. The molecule has 7 heteroatoms. The van der Waals surface area contributed by atoms with Gasteiger partial charge in [-0.05, 0) is 44.0 Å². The molecule has 0 atom stereocenters. The predicted octanol–water partition coefficient (Wildman–Crippen LogP) is 1.58. The van der Waals surface area contributed by atoms with E-state index in [1.807, 2.05) is 18.3 Å². The molecule has 0 spiro atoms. The minimum Gasteiger partial charge on any atom is -0.317 e. The molecule has 2 aliphatic heterocycles. The predicted molar refractivity (Wildman–Crippen MR) is 91.4 cm³/mol. The third-order valence-corrected chi connectivity index (χ3v) is 4.73. The van der Waals surface area contributed by atoms with E-state index in [2.05, 4.69) is 30.0 Å². The molecular weight excluding hydrogens is 312 g/mol. The smallest absolute Gasteiger partial charge is 0.165 e. The highest BCUT2D eigenvalue weighted by molar-refractivity contribution is 5.85. The summed E-state index contributed by atoms with van der Waals surface area (Å²) in [6.07, 6.45) is 6.24. The second-order valence-corrected chi connectivity index (χ2v) is 6.26. The summed E-state index contributed by atoms with van der Waals surface area (Å²) < 4.78 is 2.25. The van der Waals surface area contributed by atoms with Crippen molar-refractivity contribution in [2.75, 3.05) is 26.2 Å². The summed E-state index contributed by atoms with van der Waals surface area (Å²) in [6.45, 7) is 6.49. The van der Waals surface area contributed by atoms with Gasteiger partial charge < -0.3 is 9.88 Å². The van der Waals surface area contributed by atoms with Crippen LogP contribution in [0.5, 0.6) is 0 Å². The lowest BCUT2D eigenvalue weighted by Gasteiger charge is -2.32. The van der Waals surface area contributed by atoms with Gasteiger partial charge in [0.25, 0.3) is 0 Å². The van der Waals surface area contributed by atoms with Crippen LogP contribution >= 0.6 is 12.4 Å². The van der Waals surface area contributed by atoms with Gasteiger partial charge in [-0.25, -0.2) is 0 Å². The van der Waals surface area contributed by atoms with Crippen LogP contribution in [0.3, 0.4) is 0 Å². The lowest BCUT2D eigenvalue weighted by Crippen LogP contribution is -2.40. The molecule has 6 nitrogen and oxygen atoms in total. The number of fused-ring (bicyclic) bond motifs is 1. The van der Waals surface area contributed by atoms with Gasteiger partial charge in [0.15, 0.2) is 5.82 Å². The molecule has 4 heterocycles. The van der Waals surface area contributed by atoms with Crippen LogP contribution in [0.2, 0.25) is 0 Å². The highest BCUT2D eigenvalue weighted by atomic mass is 35.5. The Kier molecular flexibility index (Phi) is 5.25. The first-order valence-electron chi connectivity index (χ1n) is 8.16. The fraction of sp³-hybridized carbons (Fsp3) is 0.562. The van der Waals surface area contributed by atoms with E-state index in [1.165, 1.54) is 32.5 Å². The van der Waals surface area contributed by atoms with Crippen molar-refractivity contribution in [2.24, 2.45) is 5.92 Å². The summed E-state index contributed by atoms with van der Waals surface area (Å²) in [5, 5.41) is 12.2. The Morgan fingerprint density at radius 2 is 2.04 bits per heavy atom. The first-order valence-corrected chi connectivity index (χ1v) is 8.16. The summed E-state index contributed by atoms with van der Waals surface area (Å²) in [5.41, 5.74) is 1.05. The summed E-state index contributed by atoms with van der Waals surface area (Å²) in [6, 6.07) is 3.99. The van der Waals surface area contributed by atoms with E-state index in [9.17, 15) is 0 Å². The Hall–Kier alpha value is -1.50. The van der Waals surface area contributed by atoms with Gasteiger partial charge in [-0.1, -0.05) is 0 Å². The summed E-state index contributed by atoms with van der Waals surface area (Å²) in [5.74, 6) is 2.86. The van der Waals surface area contributed by atoms with Crippen molar-refractivity contribution in [1.29, 1.82) is 0 Å². The minimum atomic E-state index is 0. The Labute approximate surface area is 142 Å². The Balaban J connectivity index is 0.00000156. The molecule has 2 aromatic heterocycles. The Morgan fingerprint density at radius 1 is 1.17 bits per heavy atom. The average molecular weight is 335 g/mol. The van der Waals surface area contributed by atoms with Gasteiger partial charge in [0.2, 0.25) is 0 Å². The molecule has 124 valence electrons. The maximum Gasteiger partial charge on any atom is 0.165 e. The van der Waals surface area contributed by atoms with E-state index in [0.717, 1.165) is 42.8 Å². The summed E-state index contributed by atoms with van der Waals surface area (Å²) >= 11 is 0. The fourth-order valence-corrected chi connectivity index (χ4v) is 3.50. The second-order valence-electron chi connectivity index (χ2n) is 6.26. The zero-order valence-corrected chi connectivity index (χ0v) is 14.0. The van der Waals surface area contributed by atoms with Crippen LogP contribution in [-0.4, -0.2) is 50.8 Å². The molecule has 0 saturated carbocycles. The number of hydrogen-bond donors (Lipinski definition) is 1. The molecule has 0 unspecified atom stereocenters. The molecule has 1 N–H and O–H groups in total. The molecule has 2 aliphatic rings. The number of piperidine rings is 1. The molecule has 23 heavy (non-hydrogen) atoms. The first kappa shape index (κ1) is 16.4. The van der Waals surface area contributed by atoms with Crippen LogP contribution in [0.1, 0.15) is 18.7 Å². The van der Waals surface area contributed by atoms with Crippen LogP contribution in [-0.2, 0) is 13.1 Å². The normalized spacial score (nSPS) is 19.1. The van der Waals surface area contributed by atoms with E-state index in [-0.39, 0.29) is 12.4 Å². The number of aromatic nitrogens is 4. The van der Waals surface area contributed by atoms with E-state index < -0.39 is 0 Å². The highest BCUT2D eigenvalue weighted by Gasteiger charge is 2.24. The standard InChI is InChI=1S/C16H22N6.ClH/c1-2-14(10-18-5-1)16-20-19-15-12-21(8-9-22(15)16)11-13-3-6-17-7-4-13;/h1-2,5,10,13,17H,3-4,6-9,11-12H2;1H. The Bertz CT molecular complexity index is 623. The van der Waals surface area contributed by atoms with Crippen molar-refractivity contribution < 1.29 is 0 Å². The van der Waals surface area contributed by atoms with Crippen LogP contribution in [0.15, 0.2) is 24.5 Å². The van der Waals surface area contributed by atoms with E-state index >= 15 is 0 Å². The van der Waals surface area contributed by atoms with Gasteiger partial charge in [-0.15, -0.1) is 22.6 Å². The van der Waals surface area contributed by atoms with Crippen molar-refractivity contribution >= 4 is 12.4 Å². The highest BCUT2D eigenvalue weighted by Crippen LogP contribution is 2.22. The summed E-state index contributed by atoms with van der Waals surface area (Å²) in [4.78, 5) is 6.72. The van der Waals surface area contributed by atoms with Crippen molar-refractivity contribution in [1.82, 2.24) is 30.0 Å². The van der Waals surface area contributed by atoms with Crippen molar-refractivity contribution in [3.63, 3.8) is 0 Å². The lowest BCUT2D eigenvalue weighted by molar-refractivity contribution is 0.168. The SMILES string of the molecule is Cl.c1cncc(-c2nnc3n2CCN(CC2CCNCC2)C3)c1. The molecule has 0 amide bonds. The fourth-order valence-electron chi connectivity index (χ4n) is 3.50. The zero-order valence-electron chi connectivity index (χ0n) is 13.2. The molecule has 0 bridgehead atoms. The molecular formula is C16H23ClN6. The molecule has 2 aromatic rings. The topological polar surface area (TPSA) is 58.9 Å². The average Bonchev–Trinajstić information content (AvgIpc) is 3.00. The third kappa shape index (κ3) is 3.54. The van der Waals surface area contributed by atoms with Crippen LogP contribution in [0, 0.1) is 5.92 Å². The molecule has 0 aliphatic carbocycles. The number of nitrogens with one attached hydrogen (secondary N) is 1. The van der Waals surface area contributed by atoms with Crippen LogP contribution < -0.4 is 5.32 Å². The van der Waals surface area contributed by atoms with Crippen molar-refractivity contribution in [3.8, 4) is 11.4 Å². The molecule has 4 rings (SSSR count). The van der Waals surface area contributed by atoms with Crippen molar-refractivity contribution in [3.05, 3.63) is 30.4 Å². The number of hydrogen-bond acceptors (Lipinski definition) is 5. The largest absolute Gasteiger partial charge is 0.317 e. The quantitative estimate of drug-likeness (QED) is 0.923. The molecule has 0 radical (unpaired) electrons. The van der Waals surface area contributed by atoms with Gasteiger partial charge in [0.1, 0.15) is 5.82 Å². The van der Waals surface area contributed by atoms with Gasteiger partial charge >= 0.3 is 0 Å². The van der Waals surface area contributed by atoms with Gasteiger partial charge in [0, 0.05) is 37.6 Å². The Morgan fingerprint density at radius 3 is 2.83 bits per heavy atom. The van der Waals surface area contributed by atoms with Crippen LogP contribution in [0.25, 0.3) is 11.4 Å². The maximum absolute atomic E-state index is 4.41. The van der Waals surface area contributed by atoms with Gasteiger partial charge in [-0.2, -0.15) is 0 Å². The monoisotopic (exact) mass is 334 g/mol. The maximum atomic E-state index is 4.41. The lowest BCUT2D eigenvalue weighted by atomic mass is 9.97. The first-order chi connectivity index (χ1) is 10.9. The van der Waals surface area contributed by atoms with Crippen LogP contribution in [0.4, 0.5) is 0 Å². The van der Waals surface area contributed by atoms with E-state index in [4.69, 9.17) is 0 Å². The molecule has 0 aromatic carbocycles. The second kappa shape index (κ2) is 7.38. The number of halogens is 1. The molecule has 1 fully saturated rings. The van der Waals surface area contributed by atoms with E-state index in [0.29, 0.717) is 0 Å². The summed E-state index contributed by atoms with van der Waals surface area (Å²) in [7, 11) is 0.